The van der Waals surface area contributed by atoms with E-state index in [1.807, 2.05) is 0 Å². The number of rotatable bonds is 5. The van der Waals surface area contributed by atoms with Crippen molar-refractivity contribution in [2.24, 2.45) is 11.8 Å². The number of ether oxygens (including phenoxy) is 1. The minimum Gasteiger partial charge on any atom is -0.480 e. The molecule has 5 nitrogen and oxygen atoms in total. The normalized spacial score (nSPS) is 28.7. The minimum absolute atomic E-state index is 0.176. The maximum absolute atomic E-state index is 11.5. The molecule has 5 heteroatoms. The van der Waals surface area contributed by atoms with Gasteiger partial charge in [0, 0.05) is 6.04 Å². The smallest absolute Gasteiger partial charge is 0.329 e. The van der Waals surface area contributed by atoms with E-state index in [2.05, 4.69) is 19.2 Å². The van der Waals surface area contributed by atoms with Crippen molar-refractivity contribution in [3.63, 3.8) is 0 Å². The lowest BCUT2D eigenvalue weighted by atomic mass is 9.80. The largest absolute Gasteiger partial charge is 0.480 e. The molecule has 0 heterocycles. The van der Waals surface area contributed by atoms with Gasteiger partial charge in [0.05, 0.1) is 0 Å². The Hall–Kier alpha value is -1.10. The molecule has 0 radical (unpaired) electrons. The zero-order valence-corrected chi connectivity index (χ0v) is 10.4. The van der Waals surface area contributed by atoms with Crippen LogP contribution in [0.1, 0.15) is 33.1 Å². The molecule has 1 saturated carbocycles. The number of nitrogens with one attached hydrogen (secondary N) is 1. The number of carbonyl (C=O) groups excluding carboxylic acids is 1. The Morgan fingerprint density at radius 2 is 2.00 bits per heavy atom. The van der Waals surface area contributed by atoms with E-state index in [9.17, 15) is 9.59 Å². The molecule has 1 rings (SSSR count). The summed E-state index contributed by atoms with van der Waals surface area (Å²) in [7, 11) is 0. The van der Waals surface area contributed by atoms with Gasteiger partial charge in [-0.15, -0.1) is 0 Å². The van der Waals surface area contributed by atoms with E-state index in [0.717, 1.165) is 25.2 Å². The number of carbonyl (C=O) groups is 2. The first kappa shape index (κ1) is 14.0. The maximum Gasteiger partial charge on any atom is 0.329 e. The molecule has 0 aliphatic heterocycles. The summed E-state index contributed by atoms with van der Waals surface area (Å²) < 4.78 is 4.74. The molecular formula is C12H21NO4. The van der Waals surface area contributed by atoms with E-state index >= 15 is 0 Å². The van der Waals surface area contributed by atoms with E-state index in [1.165, 1.54) is 0 Å². The number of hydrogen-bond donors (Lipinski definition) is 2. The van der Waals surface area contributed by atoms with E-state index in [-0.39, 0.29) is 18.6 Å². The van der Waals surface area contributed by atoms with Gasteiger partial charge in [0.2, 0.25) is 5.91 Å². The summed E-state index contributed by atoms with van der Waals surface area (Å²) in [5, 5.41) is 11.3. The van der Waals surface area contributed by atoms with Crippen LogP contribution in [0.5, 0.6) is 0 Å². The monoisotopic (exact) mass is 243 g/mol. The van der Waals surface area contributed by atoms with Crippen molar-refractivity contribution < 1.29 is 19.4 Å². The summed E-state index contributed by atoms with van der Waals surface area (Å²) in [5.41, 5.74) is 0. The van der Waals surface area contributed by atoms with E-state index < -0.39 is 12.6 Å². The Morgan fingerprint density at radius 3 is 2.59 bits per heavy atom. The molecular weight excluding hydrogens is 222 g/mol. The van der Waals surface area contributed by atoms with Crippen molar-refractivity contribution in [1.82, 2.24) is 5.32 Å². The summed E-state index contributed by atoms with van der Waals surface area (Å²) in [6.45, 7) is 3.76. The molecule has 0 aromatic carbocycles. The van der Waals surface area contributed by atoms with E-state index in [1.54, 1.807) is 0 Å². The molecule has 0 bridgehead atoms. The van der Waals surface area contributed by atoms with Crippen LogP contribution in [0.4, 0.5) is 0 Å². The number of hydrogen-bond acceptors (Lipinski definition) is 3. The minimum atomic E-state index is -1.06. The number of carboxylic acids is 1. The third kappa shape index (κ3) is 5.17. The first-order chi connectivity index (χ1) is 7.99. The fourth-order valence-electron chi connectivity index (χ4n) is 2.36. The van der Waals surface area contributed by atoms with Crippen LogP contribution in [-0.4, -0.2) is 36.2 Å². The van der Waals surface area contributed by atoms with Crippen molar-refractivity contribution in [2.75, 3.05) is 13.2 Å². The SMILES string of the molecule is CC1CCC(NC(=O)COCC(=O)O)C(C)C1. The molecule has 98 valence electrons. The fourth-order valence-corrected chi connectivity index (χ4v) is 2.36. The number of amides is 1. The van der Waals surface area contributed by atoms with Crippen LogP contribution < -0.4 is 5.32 Å². The Bertz CT molecular complexity index is 280. The molecule has 0 saturated heterocycles. The summed E-state index contributed by atoms with van der Waals surface area (Å²) >= 11 is 0. The van der Waals surface area contributed by atoms with Gasteiger partial charge in [0.25, 0.3) is 0 Å². The third-order valence-corrected chi connectivity index (χ3v) is 3.24. The van der Waals surface area contributed by atoms with Crippen molar-refractivity contribution in [3.8, 4) is 0 Å². The molecule has 1 aliphatic carbocycles. The van der Waals surface area contributed by atoms with Crippen LogP contribution in [0.25, 0.3) is 0 Å². The average Bonchev–Trinajstić information content (AvgIpc) is 2.21. The van der Waals surface area contributed by atoms with Gasteiger partial charge < -0.3 is 15.2 Å². The molecule has 0 aromatic heterocycles. The first-order valence-electron chi connectivity index (χ1n) is 6.08. The first-order valence-corrected chi connectivity index (χ1v) is 6.08. The highest BCUT2D eigenvalue weighted by atomic mass is 16.5. The average molecular weight is 243 g/mol. The second-order valence-electron chi connectivity index (χ2n) is 4.96. The predicted octanol–water partition coefficient (Wildman–Crippen LogP) is 1.03. The van der Waals surface area contributed by atoms with Gasteiger partial charge in [-0.1, -0.05) is 13.8 Å². The molecule has 3 unspecified atom stereocenters. The van der Waals surface area contributed by atoms with Crippen LogP contribution in [0.2, 0.25) is 0 Å². The van der Waals surface area contributed by atoms with Gasteiger partial charge in [-0.2, -0.15) is 0 Å². The lowest BCUT2D eigenvalue weighted by molar-refractivity contribution is -0.143. The van der Waals surface area contributed by atoms with Gasteiger partial charge in [0.1, 0.15) is 13.2 Å². The Morgan fingerprint density at radius 1 is 1.29 bits per heavy atom. The summed E-state index contributed by atoms with van der Waals surface area (Å²) in [6, 6.07) is 0.201. The molecule has 2 N–H and O–H groups in total. The Balaban J connectivity index is 2.23. The molecule has 17 heavy (non-hydrogen) atoms. The lowest BCUT2D eigenvalue weighted by Crippen LogP contribution is -2.44. The Kier molecular flexibility index (Phi) is 5.41. The van der Waals surface area contributed by atoms with Crippen LogP contribution in [0.3, 0.4) is 0 Å². The highest BCUT2D eigenvalue weighted by Gasteiger charge is 2.26. The van der Waals surface area contributed by atoms with Gasteiger partial charge in [-0.3, -0.25) is 4.79 Å². The molecule has 1 amide bonds. The van der Waals surface area contributed by atoms with Crippen molar-refractivity contribution in [3.05, 3.63) is 0 Å². The van der Waals surface area contributed by atoms with Crippen LogP contribution >= 0.6 is 0 Å². The van der Waals surface area contributed by atoms with Gasteiger partial charge in [-0.25, -0.2) is 4.79 Å². The van der Waals surface area contributed by atoms with Crippen LogP contribution in [0, 0.1) is 11.8 Å². The molecule has 1 aliphatic rings. The summed E-state index contributed by atoms with van der Waals surface area (Å²) in [5.74, 6) is -0.0844. The van der Waals surface area contributed by atoms with E-state index in [0.29, 0.717) is 5.92 Å². The highest BCUT2D eigenvalue weighted by molar-refractivity contribution is 5.78. The quantitative estimate of drug-likeness (QED) is 0.756. The number of carboxylic acid groups (broad SMARTS) is 1. The molecule has 0 aromatic rings. The van der Waals surface area contributed by atoms with Crippen LogP contribution in [0.15, 0.2) is 0 Å². The van der Waals surface area contributed by atoms with Gasteiger partial charge >= 0.3 is 5.97 Å². The lowest BCUT2D eigenvalue weighted by Gasteiger charge is -2.33. The van der Waals surface area contributed by atoms with Crippen LogP contribution in [-0.2, 0) is 14.3 Å². The number of aliphatic carboxylic acids is 1. The van der Waals surface area contributed by atoms with Gasteiger partial charge in [0.15, 0.2) is 0 Å². The standard InChI is InChI=1S/C12H21NO4/c1-8-3-4-10(9(2)5-8)13-11(14)6-17-7-12(15)16/h8-10H,3-7H2,1-2H3,(H,13,14)(H,15,16). The summed E-state index contributed by atoms with van der Waals surface area (Å²) in [6.07, 6.45) is 3.25. The molecule has 0 spiro atoms. The Labute approximate surface area is 102 Å². The second kappa shape index (κ2) is 6.59. The summed E-state index contributed by atoms with van der Waals surface area (Å²) in [4.78, 5) is 21.7. The topological polar surface area (TPSA) is 75.6 Å². The maximum atomic E-state index is 11.5. The third-order valence-electron chi connectivity index (χ3n) is 3.24. The highest BCUT2D eigenvalue weighted by Crippen LogP contribution is 2.28. The molecule has 1 fully saturated rings. The second-order valence-corrected chi connectivity index (χ2v) is 4.96. The zero-order valence-electron chi connectivity index (χ0n) is 10.4. The fraction of sp³-hybridized carbons (Fsp3) is 0.833. The van der Waals surface area contributed by atoms with Crippen molar-refractivity contribution in [2.45, 2.75) is 39.2 Å². The van der Waals surface area contributed by atoms with Gasteiger partial charge in [-0.05, 0) is 31.1 Å². The van der Waals surface area contributed by atoms with Crippen molar-refractivity contribution in [1.29, 1.82) is 0 Å². The zero-order chi connectivity index (χ0) is 12.8. The molecule has 3 atom stereocenters. The predicted molar refractivity (Wildman–Crippen MR) is 62.6 cm³/mol. The van der Waals surface area contributed by atoms with E-state index in [4.69, 9.17) is 9.84 Å². The van der Waals surface area contributed by atoms with Crippen molar-refractivity contribution >= 4 is 11.9 Å².